The molecule has 0 saturated heterocycles. The highest BCUT2D eigenvalue weighted by Crippen LogP contribution is 2.18. The Bertz CT molecular complexity index is 314. The summed E-state index contributed by atoms with van der Waals surface area (Å²) >= 11 is 5.96. The van der Waals surface area contributed by atoms with Gasteiger partial charge >= 0.3 is 0 Å². The normalized spacial score (nSPS) is 12.7. The molecule has 1 unspecified atom stereocenters. The second-order valence-electron chi connectivity index (χ2n) is 2.71. The summed E-state index contributed by atoms with van der Waals surface area (Å²) in [6, 6.07) is 0. The smallest absolute Gasteiger partial charge is 0.239 e. The van der Waals surface area contributed by atoms with Crippen LogP contribution in [0.4, 0.5) is 0 Å². The number of carbonyl (C=O) groups excluding carboxylic acids is 1. The Morgan fingerprint density at radius 2 is 2.57 bits per heavy atom. The summed E-state index contributed by atoms with van der Waals surface area (Å²) in [7, 11) is 1.54. The summed E-state index contributed by atoms with van der Waals surface area (Å²) < 4.78 is 6.23. The first kappa shape index (κ1) is 10.9. The molecule has 0 aromatic carbocycles. The molecule has 0 bridgehead atoms. The van der Waals surface area contributed by atoms with Gasteiger partial charge in [0.1, 0.15) is 11.9 Å². The van der Waals surface area contributed by atoms with Crippen molar-refractivity contribution < 1.29 is 9.53 Å². The monoisotopic (exact) mass is 218 g/mol. The summed E-state index contributed by atoms with van der Waals surface area (Å²) in [5.74, 6) is -0.488. The number of primary amides is 1. The molecular weight excluding hydrogens is 208 g/mol. The molecule has 0 aliphatic carbocycles. The van der Waals surface area contributed by atoms with Crippen molar-refractivity contribution in [3.05, 3.63) is 11.9 Å². The van der Waals surface area contributed by atoms with Gasteiger partial charge in [0.25, 0.3) is 0 Å². The molecule has 1 amide bonds. The molecule has 1 heterocycles. The van der Waals surface area contributed by atoms with Crippen LogP contribution in [0.5, 0.6) is 0 Å². The maximum absolute atomic E-state index is 10.7. The largest absolute Gasteiger partial charge is 0.383 e. The summed E-state index contributed by atoms with van der Waals surface area (Å²) in [5, 5.41) is 6.95. The lowest BCUT2D eigenvalue weighted by Crippen LogP contribution is -2.21. The van der Waals surface area contributed by atoms with E-state index < -0.39 is 5.91 Å². The van der Waals surface area contributed by atoms with Crippen molar-refractivity contribution in [1.82, 2.24) is 15.0 Å². The number of carbonyl (C=O) groups is 1. The van der Waals surface area contributed by atoms with Gasteiger partial charge in [-0.05, 0) is 0 Å². The van der Waals surface area contributed by atoms with Gasteiger partial charge in [0.2, 0.25) is 5.91 Å². The van der Waals surface area contributed by atoms with Crippen molar-refractivity contribution >= 4 is 17.5 Å². The first-order valence-corrected chi connectivity index (χ1v) is 4.38. The summed E-state index contributed by atoms with van der Waals surface area (Å²) in [6.07, 6.45) is 1.49. The van der Waals surface area contributed by atoms with Crippen LogP contribution >= 0.6 is 11.6 Å². The van der Waals surface area contributed by atoms with E-state index in [2.05, 4.69) is 10.3 Å². The molecule has 0 radical (unpaired) electrons. The average molecular weight is 219 g/mol. The maximum Gasteiger partial charge on any atom is 0.239 e. The van der Waals surface area contributed by atoms with Gasteiger partial charge in [-0.3, -0.25) is 4.79 Å². The topological polar surface area (TPSA) is 83.0 Å². The number of methoxy groups -OCH3 is 1. The number of halogens is 1. The third-order valence-corrected chi connectivity index (χ3v) is 1.94. The molecule has 0 spiro atoms. The van der Waals surface area contributed by atoms with Crippen LogP contribution in [0.2, 0.25) is 0 Å². The molecule has 78 valence electrons. The quantitative estimate of drug-likeness (QED) is 0.688. The van der Waals surface area contributed by atoms with E-state index in [1.165, 1.54) is 18.0 Å². The van der Waals surface area contributed by atoms with Crippen LogP contribution in [0.25, 0.3) is 0 Å². The van der Waals surface area contributed by atoms with Gasteiger partial charge in [0, 0.05) is 7.11 Å². The molecule has 1 rings (SSSR count). The molecule has 1 atom stereocenters. The van der Waals surface area contributed by atoms with Crippen LogP contribution in [0.1, 0.15) is 11.1 Å². The number of nitrogens with two attached hydrogens (primary N) is 1. The van der Waals surface area contributed by atoms with Gasteiger partial charge in [-0.25, -0.2) is 4.68 Å². The van der Waals surface area contributed by atoms with Crippen molar-refractivity contribution in [3.8, 4) is 0 Å². The highest BCUT2D eigenvalue weighted by atomic mass is 35.5. The van der Waals surface area contributed by atoms with Crippen molar-refractivity contribution in [1.29, 1.82) is 0 Å². The minimum atomic E-state index is -0.488. The van der Waals surface area contributed by atoms with Gasteiger partial charge in [0.05, 0.1) is 18.5 Å². The van der Waals surface area contributed by atoms with E-state index in [0.29, 0.717) is 12.3 Å². The molecule has 6 nitrogen and oxygen atoms in total. The maximum atomic E-state index is 10.7. The van der Waals surface area contributed by atoms with Crippen LogP contribution in [0.3, 0.4) is 0 Å². The zero-order valence-corrected chi connectivity index (χ0v) is 8.44. The molecule has 0 saturated carbocycles. The van der Waals surface area contributed by atoms with E-state index in [1.54, 1.807) is 0 Å². The number of alkyl halides is 1. The van der Waals surface area contributed by atoms with Crippen molar-refractivity contribution in [3.63, 3.8) is 0 Å². The fourth-order valence-electron chi connectivity index (χ4n) is 1.01. The van der Waals surface area contributed by atoms with Crippen LogP contribution in [-0.4, -0.2) is 34.6 Å². The van der Waals surface area contributed by atoms with Crippen LogP contribution in [0.15, 0.2) is 6.20 Å². The lowest BCUT2D eigenvalue weighted by atomic mass is 10.3. The number of rotatable bonds is 5. The minimum Gasteiger partial charge on any atom is -0.383 e. The molecular formula is C7H11ClN4O2. The number of amides is 1. The zero-order valence-electron chi connectivity index (χ0n) is 7.68. The first-order chi connectivity index (χ1) is 6.65. The number of hydrogen-bond donors (Lipinski definition) is 1. The number of nitrogens with zero attached hydrogens (tertiary/aromatic N) is 3. The predicted octanol–water partition coefficient (Wildman–Crippen LogP) is -0.310. The van der Waals surface area contributed by atoms with Crippen molar-refractivity contribution in [2.45, 2.75) is 11.9 Å². The lowest BCUT2D eigenvalue weighted by molar-refractivity contribution is -0.118. The highest BCUT2D eigenvalue weighted by molar-refractivity contribution is 6.20. The fourth-order valence-corrected chi connectivity index (χ4v) is 1.31. The van der Waals surface area contributed by atoms with Gasteiger partial charge in [-0.2, -0.15) is 0 Å². The Labute approximate surface area is 86.0 Å². The Balaban J connectivity index is 2.75. The molecule has 0 aliphatic heterocycles. The van der Waals surface area contributed by atoms with E-state index in [9.17, 15) is 4.79 Å². The van der Waals surface area contributed by atoms with E-state index in [1.807, 2.05) is 0 Å². The Hall–Kier alpha value is -1.14. The SMILES string of the molecule is COCC(Cl)c1cnnn1CC(N)=O. The average Bonchev–Trinajstić information content (AvgIpc) is 2.51. The molecule has 0 aliphatic rings. The number of aromatic nitrogens is 3. The van der Waals surface area contributed by atoms with Gasteiger partial charge < -0.3 is 10.5 Å². The lowest BCUT2D eigenvalue weighted by Gasteiger charge is -2.08. The minimum absolute atomic E-state index is 0.0255. The highest BCUT2D eigenvalue weighted by Gasteiger charge is 2.15. The second-order valence-corrected chi connectivity index (χ2v) is 3.23. The van der Waals surface area contributed by atoms with Gasteiger partial charge in [0.15, 0.2) is 0 Å². The van der Waals surface area contributed by atoms with E-state index in [-0.39, 0.29) is 11.9 Å². The molecule has 0 fully saturated rings. The zero-order chi connectivity index (χ0) is 10.6. The van der Waals surface area contributed by atoms with Gasteiger partial charge in [-0.1, -0.05) is 5.21 Å². The standard InChI is InChI=1S/C7H11ClN4O2/c1-14-4-5(8)6-2-10-11-12(6)3-7(9)13/h2,5H,3-4H2,1H3,(H2,9,13). The predicted molar refractivity (Wildman–Crippen MR) is 49.7 cm³/mol. The summed E-state index contributed by atoms with van der Waals surface area (Å²) in [5.41, 5.74) is 5.64. The Kier molecular flexibility index (Phi) is 3.84. The van der Waals surface area contributed by atoms with E-state index >= 15 is 0 Å². The third-order valence-electron chi connectivity index (χ3n) is 1.59. The number of ether oxygens (including phenoxy) is 1. The molecule has 14 heavy (non-hydrogen) atoms. The van der Waals surface area contributed by atoms with Gasteiger partial charge in [-0.15, -0.1) is 16.7 Å². The van der Waals surface area contributed by atoms with Crippen LogP contribution in [0, 0.1) is 0 Å². The number of hydrogen-bond acceptors (Lipinski definition) is 4. The van der Waals surface area contributed by atoms with Crippen molar-refractivity contribution in [2.24, 2.45) is 5.73 Å². The van der Waals surface area contributed by atoms with Crippen LogP contribution in [-0.2, 0) is 16.1 Å². The molecule has 7 heteroatoms. The molecule has 1 aromatic rings. The molecule has 1 aromatic heterocycles. The Morgan fingerprint density at radius 1 is 1.86 bits per heavy atom. The summed E-state index contributed by atoms with van der Waals surface area (Å²) in [4.78, 5) is 10.7. The fraction of sp³-hybridized carbons (Fsp3) is 0.571. The summed E-state index contributed by atoms with van der Waals surface area (Å²) in [6.45, 7) is 0.302. The first-order valence-electron chi connectivity index (χ1n) is 3.95. The second kappa shape index (κ2) is 4.92. The van der Waals surface area contributed by atoms with E-state index in [0.717, 1.165) is 0 Å². The van der Waals surface area contributed by atoms with Crippen LogP contribution < -0.4 is 5.73 Å². The van der Waals surface area contributed by atoms with E-state index in [4.69, 9.17) is 22.1 Å². The molecule has 2 N–H and O–H groups in total. The van der Waals surface area contributed by atoms with Crippen molar-refractivity contribution in [2.75, 3.05) is 13.7 Å². The third kappa shape index (κ3) is 2.68. The Morgan fingerprint density at radius 3 is 3.14 bits per heavy atom.